The van der Waals surface area contributed by atoms with Gasteiger partial charge in [0.25, 0.3) is 0 Å². The number of nitrogens with two attached hydrogens (primary N) is 1. The minimum Gasteiger partial charge on any atom is -0.369 e. The lowest BCUT2D eigenvalue weighted by Gasteiger charge is -2.21. The zero-order valence-electron chi connectivity index (χ0n) is 11.9. The monoisotopic (exact) mass is 265 g/mol. The fraction of sp³-hybridized carbons (Fsp3) is 0.235. The van der Waals surface area contributed by atoms with Crippen LogP contribution in [0, 0.1) is 18.3 Å². The average molecular weight is 265 g/mol. The third-order valence-corrected chi connectivity index (χ3v) is 3.33. The molecule has 2 aromatic carbocycles. The molecular weight excluding hydrogens is 246 g/mol. The summed E-state index contributed by atoms with van der Waals surface area (Å²) in [6.45, 7) is 3.31. The molecule has 2 N–H and O–H groups in total. The van der Waals surface area contributed by atoms with Crippen molar-refractivity contribution in [2.24, 2.45) is 5.73 Å². The van der Waals surface area contributed by atoms with E-state index in [0.717, 1.165) is 17.8 Å². The molecular formula is C17H19N3. The number of rotatable bonds is 4. The highest BCUT2D eigenvalue weighted by Gasteiger charge is 2.08. The Morgan fingerprint density at radius 3 is 2.60 bits per heavy atom. The van der Waals surface area contributed by atoms with Crippen molar-refractivity contribution in [3.63, 3.8) is 0 Å². The summed E-state index contributed by atoms with van der Waals surface area (Å²) in [6, 6.07) is 16.5. The summed E-state index contributed by atoms with van der Waals surface area (Å²) in [7, 11) is 2.00. The number of benzene rings is 2. The second-order valence-corrected chi connectivity index (χ2v) is 5.01. The minimum atomic E-state index is 0.455. The van der Waals surface area contributed by atoms with Gasteiger partial charge in [-0.2, -0.15) is 5.26 Å². The van der Waals surface area contributed by atoms with E-state index in [-0.39, 0.29) is 0 Å². The van der Waals surface area contributed by atoms with E-state index >= 15 is 0 Å². The molecule has 0 aliphatic carbocycles. The maximum absolute atomic E-state index is 9.28. The zero-order chi connectivity index (χ0) is 14.5. The van der Waals surface area contributed by atoms with Gasteiger partial charge in [0, 0.05) is 20.1 Å². The Kier molecular flexibility index (Phi) is 4.39. The molecule has 0 aromatic heterocycles. The van der Waals surface area contributed by atoms with E-state index < -0.39 is 0 Å². The predicted molar refractivity (Wildman–Crippen MR) is 82.3 cm³/mol. The molecule has 0 saturated heterocycles. The molecule has 0 aliphatic heterocycles. The number of anilines is 1. The lowest BCUT2D eigenvalue weighted by atomic mass is 10.1. The molecule has 0 spiro atoms. The van der Waals surface area contributed by atoms with Crippen LogP contribution < -0.4 is 10.6 Å². The van der Waals surface area contributed by atoms with Gasteiger partial charge in [0.2, 0.25) is 0 Å². The van der Waals surface area contributed by atoms with Crippen LogP contribution >= 0.6 is 0 Å². The number of hydrogen-bond acceptors (Lipinski definition) is 3. The molecule has 0 atom stereocenters. The van der Waals surface area contributed by atoms with Gasteiger partial charge in [-0.3, -0.25) is 0 Å². The van der Waals surface area contributed by atoms with Crippen molar-refractivity contribution < 1.29 is 0 Å². The molecule has 0 unspecified atom stereocenters. The lowest BCUT2D eigenvalue weighted by Crippen LogP contribution is -2.17. The molecule has 0 saturated carbocycles. The third-order valence-electron chi connectivity index (χ3n) is 3.33. The Morgan fingerprint density at radius 1 is 1.15 bits per heavy atom. The summed E-state index contributed by atoms with van der Waals surface area (Å²) in [4.78, 5) is 2.09. The van der Waals surface area contributed by atoms with Crippen molar-refractivity contribution in [2.45, 2.75) is 20.0 Å². The van der Waals surface area contributed by atoms with Crippen molar-refractivity contribution in [3.05, 3.63) is 64.7 Å². The molecule has 0 amide bonds. The van der Waals surface area contributed by atoms with E-state index in [0.29, 0.717) is 12.1 Å². The van der Waals surface area contributed by atoms with Crippen LogP contribution in [-0.2, 0) is 13.1 Å². The van der Waals surface area contributed by atoms with Gasteiger partial charge in [0.1, 0.15) is 6.07 Å². The summed E-state index contributed by atoms with van der Waals surface area (Å²) < 4.78 is 0. The molecule has 0 bridgehead atoms. The van der Waals surface area contributed by atoms with Crippen molar-refractivity contribution >= 4 is 5.69 Å². The van der Waals surface area contributed by atoms with Gasteiger partial charge in [-0.25, -0.2) is 0 Å². The summed E-state index contributed by atoms with van der Waals surface area (Å²) in [5, 5.41) is 9.28. The van der Waals surface area contributed by atoms with E-state index in [1.54, 1.807) is 0 Å². The van der Waals surface area contributed by atoms with Crippen LogP contribution in [0.3, 0.4) is 0 Å². The van der Waals surface area contributed by atoms with Gasteiger partial charge >= 0.3 is 0 Å². The van der Waals surface area contributed by atoms with Gasteiger partial charge in [0.15, 0.2) is 0 Å². The van der Waals surface area contributed by atoms with Crippen LogP contribution in [0.5, 0.6) is 0 Å². The standard InChI is InChI=1S/C17H19N3/c1-13-4-3-5-15(8-13)12-20(2)17-7-6-14(10-18)9-16(17)11-19/h3-9H,10,12,18H2,1-2H3. The molecule has 3 heteroatoms. The highest BCUT2D eigenvalue weighted by atomic mass is 15.1. The molecule has 102 valence electrons. The van der Waals surface area contributed by atoms with E-state index in [1.165, 1.54) is 11.1 Å². The first-order valence-corrected chi connectivity index (χ1v) is 6.64. The highest BCUT2D eigenvalue weighted by Crippen LogP contribution is 2.22. The Bertz CT molecular complexity index is 641. The fourth-order valence-electron chi connectivity index (χ4n) is 2.30. The average Bonchev–Trinajstić information content (AvgIpc) is 2.46. The van der Waals surface area contributed by atoms with E-state index in [4.69, 9.17) is 5.73 Å². The van der Waals surface area contributed by atoms with E-state index in [9.17, 15) is 5.26 Å². The maximum Gasteiger partial charge on any atom is 0.101 e. The van der Waals surface area contributed by atoms with Crippen LogP contribution in [0.15, 0.2) is 42.5 Å². The summed E-state index contributed by atoms with van der Waals surface area (Å²) >= 11 is 0. The Labute approximate surface area is 120 Å². The largest absolute Gasteiger partial charge is 0.369 e. The molecule has 0 fully saturated rings. The van der Waals surface area contributed by atoms with Crippen molar-refractivity contribution in [1.29, 1.82) is 5.26 Å². The second-order valence-electron chi connectivity index (χ2n) is 5.01. The quantitative estimate of drug-likeness (QED) is 0.924. The topological polar surface area (TPSA) is 53.0 Å². The number of aryl methyl sites for hydroxylation is 1. The van der Waals surface area contributed by atoms with Crippen molar-refractivity contribution in [2.75, 3.05) is 11.9 Å². The Balaban J connectivity index is 2.25. The Morgan fingerprint density at radius 2 is 1.95 bits per heavy atom. The molecule has 20 heavy (non-hydrogen) atoms. The predicted octanol–water partition coefficient (Wildman–Crippen LogP) is 2.96. The van der Waals surface area contributed by atoms with E-state index in [1.807, 2.05) is 25.2 Å². The SMILES string of the molecule is Cc1cccc(CN(C)c2ccc(CN)cc2C#N)c1. The van der Waals surface area contributed by atoms with Crippen LogP contribution in [0.1, 0.15) is 22.3 Å². The summed E-state index contributed by atoms with van der Waals surface area (Å²) in [5.41, 5.74) is 10.7. The van der Waals surface area contributed by atoms with E-state index in [2.05, 4.69) is 42.2 Å². The molecule has 3 nitrogen and oxygen atoms in total. The van der Waals surface area contributed by atoms with Gasteiger partial charge in [-0.15, -0.1) is 0 Å². The third kappa shape index (κ3) is 3.17. The normalized spacial score (nSPS) is 10.1. The highest BCUT2D eigenvalue weighted by molar-refractivity contribution is 5.60. The number of nitrogens with zero attached hydrogens (tertiary/aromatic N) is 2. The van der Waals surface area contributed by atoms with Crippen LogP contribution in [0.25, 0.3) is 0 Å². The Hall–Kier alpha value is -2.31. The molecule has 0 radical (unpaired) electrons. The molecule has 0 aliphatic rings. The molecule has 0 heterocycles. The molecule has 2 aromatic rings. The van der Waals surface area contributed by atoms with Crippen LogP contribution in [0.4, 0.5) is 5.69 Å². The fourth-order valence-corrected chi connectivity index (χ4v) is 2.30. The van der Waals surface area contributed by atoms with Gasteiger partial charge in [0.05, 0.1) is 11.3 Å². The van der Waals surface area contributed by atoms with Crippen LogP contribution in [0.2, 0.25) is 0 Å². The first-order valence-electron chi connectivity index (χ1n) is 6.64. The number of nitriles is 1. The summed E-state index contributed by atoms with van der Waals surface area (Å²) in [6.07, 6.45) is 0. The maximum atomic E-state index is 9.28. The first kappa shape index (κ1) is 14.1. The first-order chi connectivity index (χ1) is 9.63. The smallest absolute Gasteiger partial charge is 0.101 e. The van der Waals surface area contributed by atoms with Gasteiger partial charge in [-0.05, 0) is 30.2 Å². The van der Waals surface area contributed by atoms with Crippen molar-refractivity contribution in [1.82, 2.24) is 0 Å². The molecule has 2 rings (SSSR count). The van der Waals surface area contributed by atoms with Crippen molar-refractivity contribution in [3.8, 4) is 6.07 Å². The van der Waals surface area contributed by atoms with Gasteiger partial charge < -0.3 is 10.6 Å². The lowest BCUT2D eigenvalue weighted by molar-refractivity contribution is 0.917. The van der Waals surface area contributed by atoms with Gasteiger partial charge in [-0.1, -0.05) is 35.9 Å². The minimum absolute atomic E-state index is 0.455. The zero-order valence-corrected chi connectivity index (χ0v) is 11.9. The number of hydrogen-bond donors (Lipinski definition) is 1. The van der Waals surface area contributed by atoms with Crippen LogP contribution in [-0.4, -0.2) is 7.05 Å². The summed E-state index contributed by atoms with van der Waals surface area (Å²) in [5.74, 6) is 0. The second kappa shape index (κ2) is 6.23.